The third-order valence-electron chi connectivity index (χ3n) is 1.57. The number of rotatable bonds is 1. The van der Waals surface area contributed by atoms with Crippen molar-refractivity contribution in [1.82, 2.24) is 0 Å². The van der Waals surface area contributed by atoms with E-state index in [1.54, 1.807) is 6.92 Å². The van der Waals surface area contributed by atoms with E-state index in [4.69, 9.17) is 28.9 Å². The van der Waals surface area contributed by atoms with E-state index >= 15 is 0 Å². The van der Waals surface area contributed by atoms with Crippen LogP contribution in [-0.2, 0) is 0 Å². The molecule has 64 valence electrons. The predicted octanol–water partition coefficient (Wildman–Crippen LogP) is 2.40. The number of halogens is 2. The summed E-state index contributed by atoms with van der Waals surface area (Å²) in [6, 6.07) is 3.01. The summed E-state index contributed by atoms with van der Waals surface area (Å²) in [5.41, 5.74) is 6.13. The third kappa shape index (κ3) is 1.71. The van der Waals surface area contributed by atoms with Gasteiger partial charge in [-0.15, -0.1) is 0 Å². The third-order valence-corrected chi connectivity index (χ3v) is 2.35. The fourth-order valence-corrected chi connectivity index (χ4v) is 1.27. The molecule has 0 unspecified atom stereocenters. The molecule has 0 saturated heterocycles. The van der Waals surface area contributed by atoms with Crippen LogP contribution in [0.1, 0.15) is 15.9 Å². The molecule has 2 N–H and O–H groups in total. The number of benzene rings is 1. The lowest BCUT2D eigenvalue weighted by Gasteiger charge is -2.02. The molecule has 0 aliphatic heterocycles. The summed E-state index contributed by atoms with van der Waals surface area (Å²) in [6.07, 6.45) is 0. The van der Waals surface area contributed by atoms with Gasteiger partial charge in [-0.05, 0) is 24.6 Å². The van der Waals surface area contributed by atoms with E-state index in [1.165, 1.54) is 12.1 Å². The minimum absolute atomic E-state index is 0.329. The second kappa shape index (κ2) is 3.33. The van der Waals surface area contributed by atoms with Gasteiger partial charge in [0.05, 0.1) is 0 Å². The van der Waals surface area contributed by atoms with Gasteiger partial charge in [0.25, 0.3) is 0 Å². The lowest BCUT2D eigenvalue weighted by atomic mass is 10.1. The summed E-state index contributed by atoms with van der Waals surface area (Å²) >= 11 is 11.5. The average Bonchev–Trinajstić information content (AvgIpc) is 1.99. The van der Waals surface area contributed by atoms with E-state index in [9.17, 15) is 4.79 Å². The first-order chi connectivity index (χ1) is 5.52. The van der Waals surface area contributed by atoms with Crippen molar-refractivity contribution in [2.75, 3.05) is 0 Å². The van der Waals surface area contributed by atoms with Crippen LogP contribution in [0.4, 0.5) is 0 Å². The van der Waals surface area contributed by atoms with Crippen molar-refractivity contribution in [1.29, 1.82) is 0 Å². The SMILES string of the molecule is Cc1c(Cl)cc(C(N)=O)cc1Cl. The van der Waals surface area contributed by atoms with E-state index in [0.717, 1.165) is 5.56 Å². The van der Waals surface area contributed by atoms with Gasteiger partial charge in [0, 0.05) is 15.6 Å². The maximum absolute atomic E-state index is 10.7. The average molecular weight is 204 g/mol. The van der Waals surface area contributed by atoms with Gasteiger partial charge in [0.2, 0.25) is 5.91 Å². The molecule has 4 heteroatoms. The number of primary amides is 1. The molecule has 0 aliphatic rings. The number of carbonyl (C=O) groups is 1. The van der Waals surface area contributed by atoms with Gasteiger partial charge < -0.3 is 5.73 Å². The molecule has 1 aromatic rings. The molecule has 0 saturated carbocycles. The zero-order valence-corrected chi connectivity index (χ0v) is 7.91. The molecule has 1 aromatic carbocycles. The second-order valence-electron chi connectivity index (χ2n) is 2.43. The molecule has 1 rings (SSSR count). The molecule has 0 radical (unpaired) electrons. The minimum Gasteiger partial charge on any atom is -0.366 e. The Kier molecular flexibility index (Phi) is 2.60. The number of amides is 1. The number of nitrogens with two attached hydrogens (primary N) is 1. The summed E-state index contributed by atoms with van der Waals surface area (Å²) in [6.45, 7) is 1.77. The lowest BCUT2D eigenvalue weighted by Crippen LogP contribution is -2.10. The Morgan fingerprint density at radius 3 is 2.08 bits per heavy atom. The Hall–Kier alpha value is -0.730. The highest BCUT2D eigenvalue weighted by Gasteiger charge is 2.06. The van der Waals surface area contributed by atoms with Gasteiger partial charge in [-0.25, -0.2) is 0 Å². The highest BCUT2D eigenvalue weighted by atomic mass is 35.5. The molecule has 2 nitrogen and oxygen atoms in total. The highest BCUT2D eigenvalue weighted by Crippen LogP contribution is 2.25. The molecule has 12 heavy (non-hydrogen) atoms. The van der Waals surface area contributed by atoms with E-state index in [-0.39, 0.29) is 0 Å². The van der Waals surface area contributed by atoms with Gasteiger partial charge in [0.1, 0.15) is 0 Å². The molecular weight excluding hydrogens is 197 g/mol. The summed E-state index contributed by atoms with van der Waals surface area (Å²) in [4.78, 5) is 10.7. The minimum atomic E-state index is -0.529. The summed E-state index contributed by atoms with van der Waals surface area (Å²) in [7, 11) is 0. The highest BCUT2D eigenvalue weighted by molar-refractivity contribution is 6.36. The van der Waals surface area contributed by atoms with Crippen LogP contribution in [-0.4, -0.2) is 5.91 Å². The second-order valence-corrected chi connectivity index (χ2v) is 3.24. The van der Waals surface area contributed by atoms with Gasteiger partial charge in [0.15, 0.2) is 0 Å². The van der Waals surface area contributed by atoms with Crippen LogP contribution < -0.4 is 5.73 Å². The van der Waals surface area contributed by atoms with Crippen molar-refractivity contribution in [3.8, 4) is 0 Å². The Bertz CT molecular complexity index is 313. The number of hydrogen-bond donors (Lipinski definition) is 1. The monoisotopic (exact) mass is 203 g/mol. The normalized spacial score (nSPS) is 9.92. The predicted molar refractivity (Wildman–Crippen MR) is 49.7 cm³/mol. The van der Waals surface area contributed by atoms with Crippen molar-refractivity contribution >= 4 is 29.1 Å². The molecule has 0 aromatic heterocycles. The molecule has 1 amide bonds. The van der Waals surface area contributed by atoms with Crippen LogP contribution in [0, 0.1) is 6.92 Å². The summed E-state index contributed by atoms with van der Waals surface area (Å²) in [5, 5.41) is 0.910. The lowest BCUT2D eigenvalue weighted by molar-refractivity contribution is 0.100. The van der Waals surface area contributed by atoms with Crippen molar-refractivity contribution < 1.29 is 4.79 Å². The van der Waals surface area contributed by atoms with Gasteiger partial charge >= 0.3 is 0 Å². The molecule has 0 bridgehead atoms. The smallest absolute Gasteiger partial charge is 0.248 e. The number of carbonyl (C=O) groups excluding carboxylic acids is 1. The molecule has 0 fully saturated rings. The number of hydrogen-bond acceptors (Lipinski definition) is 1. The fourth-order valence-electron chi connectivity index (χ4n) is 0.788. The first-order valence-corrected chi connectivity index (χ1v) is 4.03. The van der Waals surface area contributed by atoms with Crippen molar-refractivity contribution in [2.24, 2.45) is 5.73 Å². The molecule has 0 atom stereocenters. The first-order valence-electron chi connectivity index (χ1n) is 3.28. The van der Waals surface area contributed by atoms with E-state index in [2.05, 4.69) is 0 Å². The Morgan fingerprint density at radius 2 is 1.75 bits per heavy atom. The Balaban J connectivity index is 3.31. The zero-order valence-electron chi connectivity index (χ0n) is 6.40. The largest absolute Gasteiger partial charge is 0.366 e. The zero-order chi connectivity index (χ0) is 9.30. The van der Waals surface area contributed by atoms with E-state index < -0.39 is 5.91 Å². The molecule has 0 spiro atoms. The van der Waals surface area contributed by atoms with Crippen LogP contribution in [0.15, 0.2) is 12.1 Å². The Labute approximate surface area is 80.3 Å². The van der Waals surface area contributed by atoms with E-state index in [0.29, 0.717) is 15.6 Å². The van der Waals surface area contributed by atoms with Crippen molar-refractivity contribution in [2.45, 2.75) is 6.92 Å². The first kappa shape index (κ1) is 9.36. The topological polar surface area (TPSA) is 43.1 Å². The van der Waals surface area contributed by atoms with E-state index in [1.807, 2.05) is 0 Å². The maximum atomic E-state index is 10.7. The molecular formula is C8H7Cl2NO. The summed E-state index contributed by atoms with van der Waals surface area (Å²) < 4.78 is 0. The van der Waals surface area contributed by atoms with Crippen LogP contribution in [0.25, 0.3) is 0 Å². The van der Waals surface area contributed by atoms with Crippen LogP contribution in [0.5, 0.6) is 0 Å². The van der Waals surface area contributed by atoms with Gasteiger partial charge in [-0.1, -0.05) is 23.2 Å². The van der Waals surface area contributed by atoms with Crippen LogP contribution in [0.2, 0.25) is 10.0 Å². The Morgan fingerprint density at radius 1 is 1.33 bits per heavy atom. The van der Waals surface area contributed by atoms with Crippen LogP contribution >= 0.6 is 23.2 Å². The maximum Gasteiger partial charge on any atom is 0.248 e. The molecule has 0 heterocycles. The van der Waals surface area contributed by atoms with Crippen molar-refractivity contribution in [3.63, 3.8) is 0 Å². The van der Waals surface area contributed by atoms with Crippen molar-refractivity contribution in [3.05, 3.63) is 33.3 Å². The van der Waals surface area contributed by atoms with Crippen LogP contribution in [0.3, 0.4) is 0 Å². The fraction of sp³-hybridized carbons (Fsp3) is 0.125. The standard InChI is InChI=1S/C8H7Cl2NO/c1-4-6(9)2-5(8(11)12)3-7(4)10/h2-3H,1H3,(H2,11,12). The summed E-state index contributed by atoms with van der Waals surface area (Å²) in [5.74, 6) is -0.529. The van der Waals surface area contributed by atoms with Gasteiger partial charge in [-0.3, -0.25) is 4.79 Å². The van der Waals surface area contributed by atoms with Gasteiger partial charge in [-0.2, -0.15) is 0 Å². The molecule has 0 aliphatic carbocycles. The quantitative estimate of drug-likeness (QED) is 0.749.